The third kappa shape index (κ3) is 3.81. The number of rotatable bonds is 5. The van der Waals surface area contributed by atoms with Gasteiger partial charge in [0.15, 0.2) is 0 Å². The summed E-state index contributed by atoms with van der Waals surface area (Å²) >= 11 is 0. The molecule has 1 saturated heterocycles. The molecule has 0 saturated carbocycles. The molecule has 0 amide bonds. The number of hydrogen-bond donors (Lipinski definition) is 1. The van der Waals surface area contributed by atoms with Crippen molar-refractivity contribution in [1.82, 2.24) is 5.32 Å². The van der Waals surface area contributed by atoms with Crippen molar-refractivity contribution >= 4 is 0 Å². The van der Waals surface area contributed by atoms with Crippen LogP contribution in [0, 0.1) is 5.92 Å². The largest absolute Gasteiger partial charge is 0.381 e. The van der Waals surface area contributed by atoms with E-state index in [0.717, 1.165) is 25.6 Å². The third-order valence-corrected chi connectivity index (χ3v) is 3.04. The highest BCUT2D eigenvalue weighted by atomic mass is 16.5. The quantitative estimate of drug-likeness (QED) is 0.683. The summed E-state index contributed by atoms with van der Waals surface area (Å²) in [5, 5.41) is 3.62. The summed E-state index contributed by atoms with van der Waals surface area (Å²) in [6, 6.07) is 1.15. The van der Waals surface area contributed by atoms with Crippen LogP contribution in [0.15, 0.2) is 12.7 Å². The van der Waals surface area contributed by atoms with Crippen LogP contribution in [-0.2, 0) is 4.74 Å². The molecule has 1 heterocycles. The normalized spacial score (nSPS) is 23.0. The Labute approximate surface area is 87.7 Å². The van der Waals surface area contributed by atoms with E-state index in [4.69, 9.17) is 4.74 Å². The van der Waals surface area contributed by atoms with E-state index in [9.17, 15) is 0 Å². The Hall–Kier alpha value is -0.340. The van der Waals surface area contributed by atoms with Gasteiger partial charge in [-0.05, 0) is 39.0 Å². The van der Waals surface area contributed by atoms with Gasteiger partial charge in [0.05, 0.1) is 0 Å². The molecule has 0 radical (unpaired) electrons. The highest BCUT2D eigenvalue weighted by Gasteiger charge is 2.20. The standard InChI is InChI=1S/C12H23NO/c1-4-5-10(2)13-11(3)12-6-8-14-9-7-12/h4,10-13H,1,5-9H2,2-3H3. The van der Waals surface area contributed by atoms with Crippen LogP contribution >= 0.6 is 0 Å². The molecule has 1 rings (SSSR count). The van der Waals surface area contributed by atoms with Crippen molar-refractivity contribution in [3.63, 3.8) is 0 Å². The second-order valence-corrected chi connectivity index (χ2v) is 4.33. The first-order chi connectivity index (χ1) is 6.74. The molecular formula is C12H23NO. The van der Waals surface area contributed by atoms with E-state index >= 15 is 0 Å². The van der Waals surface area contributed by atoms with Crippen LogP contribution in [0.25, 0.3) is 0 Å². The minimum absolute atomic E-state index is 0.547. The molecule has 0 aromatic rings. The summed E-state index contributed by atoms with van der Waals surface area (Å²) in [6.07, 6.45) is 5.44. The van der Waals surface area contributed by atoms with E-state index < -0.39 is 0 Å². The summed E-state index contributed by atoms with van der Waals surface area (Å²) < 4.78 is 5.36. The van der Waals surface area contributed by atoms with Crippen molar-refractivity contribution in [2.45, 2.75) is 45.2 Å². The lowest BCUT2D eigenvalue weighted by atomic mass is 9.92. The van der Waals surface area contributed by atoms with Gasteiger partial charge in [0.2, 0.25) is 0 Å². The lowest BCUT2D eigenvalue weighted by Crippen LogP contribution is -2.41. The van der Waals surface area contributed by atoms with Gasteiger partial charge in [-0.1, -0.05) is 6.08 Å². The summed E-state index contributed by atoms with van der Waals surface area (Å²) in [7, 11) is 0. The molecule has 1 N–H and O–H groups in total. The smallest absolute Gasteiger partial charge is 0.0469 e. The van der Waals surface area contributed by atoms with E-state index in [0.29, 0.717) is 12.1 Å². The Morgan fingerprint density at radius 2 is 2.07 bits per heavy atom. The Morgan fingerprint density at radius 1 is 1.43 bits per heavy atom. The predicted molar refractivity (Wildman–Crippen MR) is 60.4 cm³/mol. The van der Waals surface area contributed by atoms with Gasteiger partial charge in [-0.3, -0.25) is 0 Å². The van der Waals surface area contributed by atoms with Crippen molar-refractivity contribution in [2.75, 3.05) is 13.2 Å². The fourth-order valence-electron chi connectivity index (χ4n) is 2.12. The highest BCUT2D eigenvalue weighted by Crippen LogP contribution is 2.18. The van der Waals surface area contributed by atoms with E-state index in [1.54, 1.807) is 0 Å². The van der Waals surface area contributed by atoms with Gasteiger partial charge in [0.25, 0.3) is 0 Å². The van der Waals surface area contributed by atoms with Crippen molar-refractivity contribution < 1.29 is 4.74 Å². The van der Waals surface area contributed by atoms with E-state index in [1.807, 2.05) is 6.08 Å². The van der Waals surface area contributed by atoms with Crippen molar-refractivity contribution in [3.05, 3.63) is 12.7 Å². The maximum absolute atomic E-state index is 5.36. The Kier molecular flexibility index (Phi) is 5.20. The van der Waals surface area contributed by atoms with Crippen molar-refractivity contribution in [3.8, 4) is 0 Å². The lowest BCUT2D eigenvalue weighted by Gasteiger charge is -2.30. The molecule has 1 aliphatic rings. The molecule has 2 nitrogen and oxygen atoms in total. The molecule has 0 aromatic carbocycles. The fraction of sp³-hybridized carbons (Fsp3) is 0.833. The molecule has 14 heavy (non-hydrogen) atoms. The van der Waals surface area contributed by atoms with Crippen LogP contribution in [0.4, 0.5) is 0 Å². The van der Waals surface area contributed by atoms with E-state index in [2.05, 4.69) is 25.7 Å². The van der Waals surface area contributed by atoms with Crippen LogP contribution < -0.4 is 5.32 Å². The Bertz CT molecular complexity index is 164. The SMILES string of the molecule is C=CCC(C)NC(C)C1CCOCC1. The molecular weight excluding hydrogens is 174 g/mol. The zero-order chi connectivity index (χ0) is 10.4. The van der Waals surface area contributed by atoms with Crippen molar-refractivity contribution in [1.29, 1.82) is 0 Å². The summed E-state index contributed by atoms with van der Waals surface area (Å²) in [6.45, 7) is 10.1. The topological polar surface area (TPSA) is 21.3 Å². The molecule has 82 valence electrons. The molecule has 0 spiro atoms. The Balaban J connectivity index is 2.24. The summed E-state index contributed by atoms with van der Waals surface area (Å²) in [5.41, 5.74) is 0. The van der Waals surface area contributed by atoms with Crippen LogP contribution in [-0.4, -0.2) is 25.3 Å². The van der Waals surface area contributed by atoms with Crippen LogP contribution in [0.1, 0.15) is 33.1 Å². The first-order valence-electron chi connectivity index (χ1n) is 5.68. The van der Waals surface area contributed by atoms with Gasteiger partial charge in [-0.25, -0.2) is 0 Å². The summed E-state index contributed by atoms with van der Waals surface area (Å²) in [5.74, 6) is 0.788. The second kappa shape index (κ2) is 6.20. The molecule has 2 heteroatoms. The molecule has 0 bridgehead atoms. The Morgan fingerprint density at radius 3 is 2.64 bits per heavy atom. The van der Waals surface area contributed by atoms with Crippen LogP contribution in [0.2, 0.25) is 0 Å². The molecule has 1 aliphatic heterocycles. The minimum atomic E-state index is 0.547. The first kappa shape index (κ1) is 11.7. The van der Waals surface area contributed by atoms with Gasteiger partial charge in [0, 0.05) is 25.3 Å². The average Bonchev–Trinajstić information content (AvgIpc) is 2.19. The molecule has 2 unspecified atom stereocenters. The van der Waals surface area contributed by atoms with Gasteiger partial charge >= 0.3 is 0 Å². The summed E-state index contributed by atoms with van der Waals surface area (Å²) in [4.78, 5) is 0. The fourth-order valence-corrected chi connectivity index (χ4v) is 2.12. The van der Waals surface area contributed by atoms with Gasteiger partial charge in [0.1, 0.15) is 0 Å². The number of hydrogen-bond acceptors (Lipinski definition) is 2. The van der Waals surface area contributed by atoms with Gasteiger partial charge < -0.3 is 10.1 Å². The molecule has 1 fully saturated rings. The van der Waals surface area contributed by atoms with Crippen LogP contribution in [0.3, 0.4) is 0 Å². The molecule has 0 aliphatic carbocycles. The zero-order valence-corrected chi connectivity index (χ0v) is 9.46. The number of ether oxygens (including phenoxy) is 1. The molecule has 0 aromatic heterocycles. The third-order valence-electron chi connectivity index (χ3n) is 3.04. The van der Waals surface area contributed by atoms with E-state index in [1.165, 1.54) is 12.8 Å². The molecule has 2 atom stereocenters. The average molecular weight is 197 g/mol. The van der Waals surface area contributed by atoms with Gasteiger partial charge in [-0.2, -0.15) is 0 Å². The second-order valence-electron chi connectivity index (χ2n) is 4.33. The van der Waals surface area contributed by atoms with E-state index in [-0.39, 0.29) is 0 Å². The predicted octanol–water partition coefficient (Wildman–Crippen LogP) is 2.36. The number of nitrogens with one attached hydrogen (secondary N) is 1. The monoisotopic (exact) mass is 197 g/mol. The van der Waals surface area contributed by atoms with Crippen molar-refractivity contribution in [2.24, 2.45) is 5.92 Å². The maximum atomic E-state index is 5.36. The highest BCUT2D eigenvalue weighted by molar-refractivity contribution is 4.81. The van der Waals surface area contributed by atoms with Gasteiger partial charge in [-0.15, -0.1) is 6.58 Å². The zero-order valence-electron chi connectivity index (χ0n) is 9.46. The first-order valence-corrected chi connectivity index (χ1v) is 5.68. The van der Waals surface area contributed by atoms with Crippen LogP contribution in [0.5, 0.6) is 0 Å². The lowest BCUT2D eigenvalue weighted by molar-refractivity contribution is 0.0547. The minimum Gasteiger partial charge on any atom is -0.381 e. The maximum Gasteiger partial charge on any atom is 0.0469 e.